The average Bonchev–Trinajstić information content (AvgIpc) is 2.10. The minimum absolute atomic E-state index is 0.943. The van der Waals surface area contributed by atoms with Crippen LogP contribution < -0.4 is 4.74 Å². The molecule has 12 heavy (non-hydrogen) atoms. The van der Waals surface area contributed by atoms with Crippen LogP contribution in [-0.2, 0) is 0 Å². The minimum Gasteiger partial charge on any atom is -0.496 e. The molecule has 0 radical (unpaired) electrons. The average molecular weight is 162 g/mol. The molecule has 0 saturated heterocycles. The number of hydrogen-bond acceptors (Lipinski definition) is 1. The molecular weight excluding hydrogens is 148 g/mol. The Bertz CT molecular complexity index is 300. The lowest BCUT2D eigenvalue weighted by Crippen LogP contribution is -1.91. The number of ether oxygens (including phenoxy) is 1. The summed E-state index contributed by atoms with van der Waals surface area (Å²) in [7, 11) is 1.69. The second-order valence-electron chi connectivity index (χ2n) is 2.81. The van der Waals surface area contributed by atoms with Crippen molar-refractivity contribution in [2.75, 3.05) is 7.11 Å². The third-order valence-corrected chi connectivity index (χ3v) is 2.22. The highest BCUT2D eigenvalue weighted by atomic mass is 16.5. The Balaban J connectivity index is 3.29. The van der Waals surface area contributed by atoms with Crippen LogP contribution in [0.25, 0.3) is 6.08 Å². The smallest absolute Gasteiger partial charge is 0.122 e. The van der Waals surface area contributed by atoms with E-state index in [0.29, 0.717) is 0 Å². The Morgan fingerprint density at radius 1 is 1.25 bits per heavy atom. The van der Waals surface area contributed by atoms with Gasteiger partial charge in [-0.15, -0.1) is 0 Å². The molecule has 64 valence electrons. The van der Waals surface area contributed by atoms with E-state index in [1.807, 2.05) is 18.2 Å². The molecule has 0 N–H and O–H groups in total. The van der Waals surface area contributed by atoms with Crippen molar-refractivity contribution in [1.29, 1.82) is 0 Å². The largest absolute Gasteiger partial charge is 0.496 e. The van der Waals surface area contributed by atoms with Gasteiger partial charge in [-0.25, -0.2) is 0 Å². The van der Waals surface area contributed by atoms with Crippen molar-refractivity contribution < 1.29 is 4.74 Å². The molecule has 0 aromatic heterocycles. The van der Waals surface area contributed by atoms with E-state index in [0.717, 1.165) is 5.75 Å². The lowest BCUT2D eigenvalue weighted by atomic mass is 10.0. The fourth-order valence-corrected chi connectivity index (χ4v) is 1.26. The summed E-state index contributed by atoms with van der Waals surface area (Å²) in [6.45, 7) is 7.88. The fraction of sp³-hybridized carbons (Fsp3) is 0.273. The Morgan fingerprint density at radius 3 is 2.42 bits per heavy atom. The zero-order valence-electron chi connectivity index (χ0n) is 7.85. The maximum atomic E-state index is 5.19. The topological polar surface area (TPSA) is 9.23 Å². The molecule has 0 heterocycles. The number of benzene rings is 1. The number of hydrogen-bond donors (Lipinski definition) is 0. The van der Waals surface area contributed by atoms with Crippen molar-refractivity contribution in [2.45, 2.75) is 13.8 Å². The molecule has 0 spiro atoms. The second-order valence-corrected chi connectivity index (χ2v) is 2.81. The van der Waals surface area contributed by atoms with Gasteiger partial charge in [-0.2, -0.15) is 0 Å². The van der Waals surface area contributed by atoms with Gasteiger partial charge >= 0.3 is 0 Å². The van der Waals surface area contributed by atoms with E-state index in [4.69, 9.17) is 4.74 Å². The van der Waals surface area contributed by atoms with Gasteiger partial charge in [0.25, 0.3) is 0 Å². The van der Waals surface area contributed by atoms with Crippen LogP contribution in [0, 0.1) is 13.8 Å². The zero-order valence-corrected chi connectivity index (χ0v) is 7.85. The summed E-state index contributed by atoms with van der Waals surface area (Å²) in [5, 5.41) is 0. The van der Waals surface area contributed by atoms with Crippen LogP contribution in [-0.4, -0.2) is 7.11 Å². The standard InChI is InChI=1S/C11H14O/c1-5-10-6-7-11(12-4)9(3)8(10)2/h5-7H,1H2,2-4H3. The van der Waals surface area contributed by atoms with E-state index in [2.05, 4.69) is 20.4 Å². The highest BCUT2D eigenvalue weighted by molar-refractivity contribution is 5.57. The lowest BCUT2D eigenvalue weighted by Gasteiger charge is -2.09. The molecule has 0 saturated carbocycles. The molecule has 1 nitrogen and oxygen atoms in total. The van der Waals surface area contributed by atoms with Gasteiger partial charge < -0.3 is 4.74 Å². The maximum Gasteiger partial charge on any atom is 0.122 e. The molecule has 1 heteroatoms. The SMILES string of the molecule is C=Cc1ccc(OC)c(C)c1C. The molecule has 1 aromatic carbocycles. The van der Waals surface area contributed by atoms with E-state index in [-0.39, 0.29) is 0 Å². The van der Waals surface area contributed by atoms with Gasteiger partial charge in [-0.1, -0.05) is 18.7 Å². The van der Waals surface area contributed by atoms with Crippen molar-refractivity contribution >= 4 is 6.08 Å². The Morgan fingerprint density at radius 2 is 1.92 bits per heavy atom. The van der Waals surface area contributed by atoms with Crippen molar-refractivity contribution in [3.05, 3.63) is 35.4 Å². The molecule has 0 atom stereocenters. The van der Waals surface area contributed by atoms with Gasteiger partial charge in [0.15, 0.2) is 0 Å². The van der Waals surface area contributed by atoms with E-state index in [9.17, 15) is 0 Å². The second kappa shape index (κ2) is 3.44. The van der Waals surface area contributed by atoms with Gasteiger partial charge in [0.1, 0.15) is 5.75 Å². The van der Waals surface area contributed by atoms with Crippen LogP contribution in [0.3, 0.4) is 0 Å². The van der Waals surface area contributed by atoms with Crippen LogP contribution in [0.15, 0.2) is 18.7 Å². The summed E-state index contributed by atoms with van der Waals surface area (Å²) >= 11 is 0. The normalized spacial score (nSPS) is 9.58. The first-order valence-electron chi connectivity index (χ1n) is 3.97. The third kappa shape index (κ3) is 1.35. The van der Waals surface area contributed by atoms with Gasteiger partial charge in [0.05, 0.1) is 7.11 Å². The summed E-state index contributed by atoms with van der Waals surface area (Å²) in [6.07, 6.45) is 1.86. The number of rotatable bonds is 2. The summed E-state index contributed by atoms with van der Waals surface area (Å²) in [4.78, 5) is 0. The summed E-state index contributed by atoms with van der Waals surface area (Å²) in [5.41, 5.74) is 3.60. The molecule has 0 unspecified atom stereocenters. The zero-order chi connectivity index (χ0) is 9.14. The van der Waals surface area contributed by atoms with Gasteiger partial charge in [0.2, 0.25) is 0 Å². The highest BCUT2D eigenvalue weighted by Gasteiger charge is 2.03. The van der Waals surface area contributed by atoms with Crippen molar-refractivity contribution in [1.82, 2.24) is 0 Å². The summed E-state index contributed by atoms with van der Waals surface area (Å²) < 4.78 is 5.19. The van der Waals surface area contributed by atoms with E-state index < -0.39 is 0 Å². The molecule has 0 aliphatic carbocycles. The van der Waals surface area contributed by atoms with Crippen molar-refractivity contribution in [3.8, 4) is 5.75 Å². The summed E-state index contributed by atoms with van der Waals surface area (Å²) in [5.74, 6) is 0.943. The monoisotopic (exact) mass is 162 g/mol. The van der Waals surface area contributed by atoms with Crippen molar-refractivity contribution in [2.24, 2.45) is 0 Å². The van der Waals surface area contributed by atoms with Crippen LogP contribution >= 0.6 is 0 Å². The van der Waals surface area contributed by atoms with Crippen LogP contribution in [0.1, 0.15) is 16.7 Å². The van der Waals surface area contributed by atoms with Gasteiger partial charge in [0, 0.05) is 0 Å². The highest BCUT2D eigenvalue weighted by Crippen LogP contribution is 2.24. The first kappa shape index (κ1) is 8.85. The molecule has 0 amide bonds. The predicted molar refractivity (Wildman–Crippen MR) is 52.6 cm³/mol. The van der Waals surface area contributed by atoms with Gasteiger partial charge in [-0.05, 0) is 36.6 Å². The number of methoxy groups -OCH3 is 1. The van der Waals surface area contributed by atoms with Crippen LogP contribution in [0.4, 0.5) is 0 Å². The van der Waals surface area contributed by atoms with Crippen LogP contribution in [0.5, 0.6) is 5.75 Å². The summed E-state index contributed by atoms with van der Waals surface area (Å²) in [6, 6.07) is 3.99. The first-order valence-corrected chi connectivity index (χ1v) is 3.97. The third-order valence-electron chi connectivity index (χ3n) is 2.22. The Labute approximate surface area is 73.7 Å². The molecule has 0 bridgehead atoms. The Hall–Kier alpha value is -1.24. The molecule has 0 aliphatic rings. The molecule has 0 aliphatic heterocycles. The molecular formula is C11H14O. The predicted octanol–water partition coefficient (Wildman–Crippen LogP) is 2.96. The van der Waals surface area contributed by atoms with E-state index in [1.165, 1.54) is 16.7 Å². The maximum absolute atomic E-state index is 5.19. The Kier molecular flexibility index (Phi) is 2.54. The van der Waals surface area contributed by atoms with Gasteiger partial charge in [-0.3, -0.25) is 0 Å². The minimum atomic E-state index is 0.943. The first-order chi connectivity index (χ1) is 5.70. The lowest BCUT2D eigenvalue weighted by molar-refractivity contribution is 0.411. The fourth-order valence-electron chi connectivity index (χ4n) is 1.26. The van der Waals surface area contributed by atoms with Crippen LogP contribution in [0.2, 0.25) is 0 Å². The van der Waals surface area contributed by atoms with E-state index in [1.54, 1.807) is 7.11 Å². The molecule has 1 aromatic rings. The molecule has 0 fully saturated rings. The molecule has 1 rings (SSSR count). The van der Waals surface area contributed by atoms with Crippen molar-refractivity contribution in [3.63, 3.8) is 0 Å². The quantitative estimate of drug-likeness (QED) is 0.649. The van der Waals surface area contributed by atoms with E-state index >= 15 is 0 Å².